The Morgan fingerprint density at radius 2 is 1.00 bits per heavy atom. The lowest BCUT2D eigenvalue weighted by Crippen LogP contribution is -2.11. The molecule has 0 aromatic heterocycles. The van der Waals surface area contributed by atoms with Crippen LogP contribution in [-0.2, 0) is 0 Å². The number of benzene rings is 6. The quantitative estimate of drug-likeness (QED) is 0.257. The Hall–Kier alpha value is -4.82. The maximum Gasteiger partial charge on any atom is 0.0569 e. The van der Waals surface area contributed by atoms with Crippen molar-refractivity contribution >= 4 is 39.2 Å². The Labute approximate surface area is 218 Å². The van der Waals surface area contributed by atoms with Crippen molar-refractivity contribution in [3.63, 3.8) is 0 Å². The average molecular weight is 477 g/mol. The van der Waals surface area contributed by atoms with E-state index in [0.29, 0.717) is 0 Å². The second kappa shape index (κ2) is 10.0. The number of rotatable bonds is 6. The lowest BCUT2D eigenvalue weighted by atomic mass is 10.0. The first-order valence-electron chi connectivity index (χ1n) is 12.6. The summed E-state index contributed by atoms with van der Waals surface area (Å²) in [6.45, 7) is 2.19. The average Bonchev–Trinajstić information content (AvgIpc) is 2.96. The molecule has 0 bridgehead atoms. The van der Waals surface area contributed by atoms with Gasteiger partial charge in [-0.3, -0.25) is 0 Å². The van der Waals surface area contributed by atoms with Crippen LogP contribution in [-0.4, -0.2) is 0 Å². The number of para-hydroxylation sites is 2. The number of fused-ring (bicyclic) bond motifs is 1. The molecule has 2 nitrogen and oxygen atoms in total. The number of hydrogen-bond donors (Lipinski definition) is 1. The Bertz CT molecular complexity index is 1620. The second-order valence-corrected chi connectivity index (χ2v) is 9.24. The van der Waals surface area contributed by atoms with Crippen LogP contribution < -0.4 is 10.2 Å². The minimum Gasteiger partial charge on any atom is -0.356 e. The van der Waals surface area contributed by atoms with Crippen LogP contribution in [0.1, 0.15) is 5.56 Å². The fourth-order valence-electron chi connectivity index (χ4n) is 4.88. The largest absolute Gasteiger partial charge is 0.356 e. The fourth-order valence-corrected chi connectivity index (χ4v) is 4.88. The van der Waals surface area contributed by atoms with Gasteiger partial charge < -0.3 is 10.2 Å². The molecule has 6 aromatic rings. The van der Waals surface area contributed by atoms with Crippen molar-refractivity contribution in [1.82, 2.24) is 0 Å². The minimum absolute atomic E-state index is 1.08. The number of nitrogens with one attached hydrogen (secondary N) is 1. The van der Waals surface area contributed by atoms with Crippen LogP contribution in [0.2, 0.25) is 0 Å². The van der Waals surface area contributed by atoms with E-state index in [-0.39, 0.29) is 0 Å². The summed E-state index contributed by atoms with van der Waals surface area (Å²) in [7, 11) is 0. The van der Waals surface area contributed by atoms with Gasteiger partial charge in [0.15, 0.2) is 0 Å². The number of anilines is 5. The number of aryl methyl sites for hydroxylation is 1. The van der Waals surface area contributed by atoms with E-state index in [9.17, 15) is 0 Å². The highest BCUT2D eigenvalue weighted by atomic mass is 15.1. The van der Waals surface area contributed by atoms with Crippen molar-refractivity contribution in [2.75, 3.05) is 10.2 Å². The lowest BCUT2D eigenvalue weighted by Gasteiger charge is -2.28. The van der Waals surface area contributed by atoms with Gasteiger partial charge >= 0.3 is 0 Å². The van der Waals surface area contributed by atoms with Crippen molar-refractivity contribution < 1.29 is 0 Å². The Morgan fingerprint density at radius 1 is 0.459 bits per heavy atom. The van der Waals surface area contributed by atoms with Crippen LogP contribution in [0.5, 0.6) is 0 Å². The van der Waals surface area contributed by atoms with Gasteiger partial charge in [-0.1, -0.05) is 97.1 Å². The molecule has 0 heterocycles. The fraction of sp³-hybridized carbons (Fsp3) is 0.0286. The predicted octanol–water partition coefficient (Wildman–Crippen LogP) is 10.0. The molecule has 0 saturated heterocycles. The Kier molecular flexibility index (Phi) is 6.14. The zero-order valence-electron chi connectivity index (χ0n) is 20.8. The van der Waals surface area contributed by atoms with Gasteiger partial charge in [0.25, 0.3) is 0 Å². The molecule has 1 N–H and O–H groups in total. The van der Waals surface area contributed by atoms with Gasteiger partial charge in [0.2, 0.25) is 0 Å². The van der Waals surface area contributed by atoms with Crippen molar-refractivity contribution in [3.05, 3.63) is 151 Å². The van der Waals surface area contributed by atoms with E-state index >= 15 is 0 Å². The highest BCUT2D eigenvalue weighted by molar-refractivity contribution is 6.00. The molecule has 0 spiro atoms. The van der Waals surface area contributed by atoms with Gasteiger partial charge in [0, 0.05) is 28.1 Å². The maximum atomic E-state index is 3.46. The van der Waals surface area contributed by atoms with Gasteiger partial charge in [-0.2, -0.15) is 0 Å². The molecule has 0 atom stereocenters. The highest BCUT2D eigenvalue weighted by Gasteiger charge is 2.17. The van der Waals surface area contributed by atoms with Gasteiger partial charge in [-0.25, -0.2) is 0 Å². The summed E-state index contributed by atoms with van der Waals surface area (Å²) in [5, 5.41) is 5.94. The van der Waals surface area contributed by atoms with Crippen molar-refractivity contribution in [1.29, 1.82) is 0 Å². The molecule has 0 aliphatic heterocycles. The third-order valence-electron chi connectivity index (χ3n) is 6.75. The molecule has 0 radical (unpaired) electrons. The van der Waals surface area contributed by atoms with Gasteiger partial charge in [-0.15, -0.1) is 0 Å². The first-order chi connectivity index (χ1) is 18.3. The maximum absolute atomic E-state index is 3.46. The summed E-state index contributed by atoms with van der Waals surface area (Å²) in [5.74, 6) is 0. The predicted molar refractivity (Wildman–Crippen MR) is 159 cm³/mol. The molecule has 0 unspecified atom stereocenters. The van der Waals surface area contributed by atoms with Crippen LogP contribution in [0.25, 0.3) is 21.9 Å². The van der Waals surface area contributed by atoms with Crippen LogP contribution in [0.3, 0.4) is 0 Å². The van der Waals surface area contributed by atoms with Crippen LogP contribution in [0.4, 0.5) is 28.4 Å². The first-order valence-corrected chi connectivity index (χ1v) is 12.6. The molecular formula is C35H28N2. The van der Waals surface area contributed by atoms with Crippen LogP contribution >= 0.6 is 0 Å². The van der Waals surface area contributed by atoms with Crippen molar-refractivity contribution in [2.24, 2.45) is 0 Å². The molecule has 0 fully saturated rings. The third-order valence-corrected chi connectivity index (χ3v) is 6.75. The van der Waals surface area contributed by atoms with E-state index in [4.69, 9.17) is 0 Å². The molecular weight excluding hydrogens is 448 g/mol. The first kappa shape index (κ1) is 22.6. The summed E-state index contributed by atoms with van der Waals surface area (Å²) in [5.41, 5.74) is 9.29. The lowest BCUT2D eigenvalue weighted by molar-refractivity contribution is 1.27. The van der Waals surface area contributed by atoms with E-state index in [2.05, 4.69) is 145 Å². The van der Waals surface area contributed by atoms with Crippen LogP contribution in [0, 0.1) is 6.92 Å². The van der Waals surface area contributed by atoms with E-state index in [1.165, 1.54) is 33.2 Å². The molecule has 178 valence electrons. The highest BCUT2D eigenvalue weighted by Crippen LogP contribution is 2.41. The van der Waals surface area contributed by atoms with E-state index in [1.54, 1.807) is 0 Å². The second-order valence-electron chi connectivity index (χ2n) is 9.24. The molecule has 37 heavy (non-hydrogen) atoms. The summed E-state index contributed by atoms with van der Waals surface area (Å²) < 4.78 is 0. The van der Waals surface area contributed by atoms with Crippen LogP contribution in [0.15, 0.2) is 146 Å². The topological polar surface area (TPSA) is 15.3 Å². The summed E-state index contributed by atoms with van der Waals surface area (Å²) >= 11 is 0. The monoisotopic (exact) mass is 476 g/mol. The zero-order chi connectivity index (χ0) is 25.0. The number of hydrogen-bond acceptors (Lipinski definition) is 2. The smallest absolute Gasteiger partial charge is 0.0569 e. The van der Waals surface area contributed by atoms with Gasteiger partial charge in [0.1, 0.15) is 0 Å². The summed E-state index contributed by atoms with van der Waals surface area (Å²) in [4.78, 5) is 2.37. The Morgan fingerprint density at radius 3 is 1.70 bits per heavy atom. The SMILES string of the molecule is Cc1ccc2ccccc2c1N(c1ccccc1)c1ccc(-c2ccc(Nc3ccccc3)cc2)cc1. The molecule has 0 aliphatic rings. The minimum atomic E-state index is 1.08. The third kappa shape index (κ3) is 4.70. The summed E-state index contributed by atoms with van der Waals surface area (Å²) in [6, 6.07) is 51.4. The Balaban J connectivity index is 1.36. The molecule has 6 rings (SSSR count). The molecule has 0 aliphatic carbocycles. The molecule has 0 saturated carbocycles. The van der Waals surface area contributed by atoms with Gasteiger partial charge in [-0.05, 0) is 77.5 Å². The normalized spacial score (nSPS) is 10.8. The van der Waals surface area contributed by atoms with E-state index in [1.807, 2.05) is 18.2 Å². The summed E-state index contributed by atoms with van der Waals surface area (Å²) in [6.07, 6.45) is 0. The molecule has 0 amide bonds. The van der Waals surface area contributed by atoms with E-state index in [0.717, 1.165) is 22.7 Å². The van der Waals surface area contributed by atoms with E-state index < -0.39 is 0 Å². The molecule has 2 heteroatoms. The van der Waals surface area contributed by atoms with Gasteiger partial charge in [0.05, 0.1) is 5.69 Å². The van der Waals surface area contributed by atoms with Crippen molar-refractivity contribution in [3.8, 4) is 11.1 Å². The zero-order valence-corrected chi connectivity index (χ0v) is 20.8. The standard InChI is InChI=1S/C35H28N2/c1-26-16-17-29-10-8-9-15-34(29)35(26)37(32-13-6-3-7-14-32)33-24-20-28(21-25-33)27-18-22-31(23-19-27)36-30-11-4-2-5-12-30/h2-25,36H,1H3. The van der Waals surface area contributed by atoms with Crippen molar-refractivity contribution in [2.45, 2.75) is 6.92 Å². The number of nitrogens with zero attached hydrogens (tertiary/aromatic N) is 1. The molecule has 6 aromatic carbocycles.